The van der Waals surface area contributed by atoms with E-state index in [-0.39, 0.29) is 22.2 Å². The minimum atomic E-state index is -4.69. The van der Waals surface area contributed by atoms with Crippen molar-refractivity contribution in [3.63, 3.8) is 0 Å². The van der Waals surface area contributed by atoms with E-state index in [9.17, 15) is 18.0 Å². The van der Waals surface area contributed by atoms with Gasteiger partial charge in [0.25, 0.3) is 5.91 Å². The Morgan fingerprint density at radius 3 is 2.73 bits per heavy atom. The van der Waals surface area contributed by atoms with Gasteiger partial charge in [0.15, 0.2) is 0 Å². The number of aromatic nitrogens is 2. The molecule has 0 fully saturated rings. The maximum Gasteiger partial charge on any atom is 0.451 e. The number of rotatable bonds is 5. The number of furan rings is 1. The smallest absolute Gasteiger partial charge is 0.451 e. The molecule has 0 saturated carbocycles. The predicted molar refractivity (Wildman–Crippen MR) is 119 cm³/mol. The van der Waals surface area contributed by atoms with Gasteiger partial charge in [0.2, 0.25) is 5.82 Å². The summed E-state index contributed by atoms with van der Waals surface area (Å²) in [5, 5.41) is 8.36. The number of thiophene rings is 1. The van der Waals surface area contributed by atoms with Crippen molar-refractivity contribution in [1.29, 1.82) is 0 Å². The minimum absolute atomic E-state index is 0.0949. The monoisotopic (exact) mass is 488 g/mol. The molecule has 0 radical (unpaired) electrons. The normalized spacial score (nSPS) is 16.4. The van der Waals surface area contributed by atoms with Crippen molar-refractivity contribution in [3.8, 4) is 0 Å². The number of halogens is 3. The number of benzene rings is 1. The molecule has 0 bridgehead atoms. The number of hydrogen-bond acceptors (Lipinski definition) is 7. The summed E-state index contributed by atoms with van der Waals surface area (Å²) in [5.41, 5.74) is 0.930. The number of para-hydroxylation sites is 1. The Morgan fingerprint density at radius 1 is 1.15 bits per heavy atom. The fraction of sp³-hybridized carbons (Fsp3) is 0.182. The van der Waals surface area contributed by atoms with Crippen LogP contribution in [0.2, 0.25) is 0 Å². The molecule has 1 amide bonds. The summed E-state index contributed by atoms with van der Waals surface area (Å²) in [5.74, 6) is -1.14. The molecule has 5 rings (SSSR count). The summed E-state index contributed by atoms with van der Waals surface area (Å²) >= 11 is 2.45. The molecular formula is C22H15F3N4O2S2. The lowest BCUT2D eigenvalue weighted by molar-refractivity contribution is -0.145. The number of amides is 1. The van der Waals surface area contributed by atoms with Crippen LogP contribution in [0.25, 0.3) is 10.9 Å². The Balaban J connectivity index is 1.42. The molecule has 1 aliphatic rings. The zero-order valence-corrected chi connectivity index (χ0v) is 18.5. The summed E-state index contributed by atoms with van der Waals surface area (Å²) in [6.45, 7) is 0. The zero-order valence-electron chi connectivity index (χ0n) is 16.8. The molecule has 11 heteroatoms. The van der Waals surface area contributed by atoms with Crippen molar-refractivity contribution in [1.82, 2.24) is 15.0 Å². The first-order chi connectivity index (χ1) is 15.9. The summed E-state index contributed by atoms with van der Waals surface area (Å²) in [6, 6.07) is 13.3. The van der Waals surface area contributed by atoms with Crippen molar-refractivity contribution >= 4 is 45.6 Å². The number of nitrogens with zero attached hydrogens (tertiary/aromatic N) is 4. The lowest BCUT2D eigenvalue weighted by Crippen LogP contribution is -2.28. The fourth-order valence-electron chi connectivity index (χ4n) is 3.51. The molecule has 6 nitrogen and oxygen atoms in total. The van der Waals surface area contributed by atoms with Gasteiger partial charge in [-0.1, -0.05) is 36.0 Å². The molecule has 4 heterocycles. The number of thioether (sulfide) groups is 1. The van der Waals surface area contributed by atoms with Crippen LogP contribution in [0, 0.1) is 0 Å². The number of hydrogen-bond donors (Lipinski definition) is 0. The van der Waals surface area contributed by atoms with Gasteiger partial charge >= 0.3 is 6.18 Å². The highest BCUT2D eigenvalue weighted by Crippen LogP contribution is 2.36. The lowest BCUT2D eigenvalue weighted by atomic mass is 10.1. The molecule has 1 atom stereocenters. The fourth-order valence-corrected chi connectivity index (χ4v) is 5.11. The Kier molecular flexibility index (Phi) is 5.67. The molecule has 33 heavy (non-hydrogen) atoms. The van der Waals surface area contributed by atoms with Crippen molar-refractivity contribution in [2.24, 2.45) is 5.10 Å². The predicted octanol–water partition coefficient (Wildman–Crippen LogP) is 5.77. The maximum atomic E-state index is 13.3. The van der Waals surface area contributed by atoms with Crippen LogP contribution in [0.1, 0.15) is 28.9 Å². The first kappa shape index (κ1) is 21.7. The number of carbonyl (C=O) groups excluding carboxylic acids is 1. The van der Waals surface area contributed by atoms with Crippen molar-refractivity contribution < 1.29 is 22.4 Å². The third-order valence-corrected chi connectivity index (χ3v) is 6.89. The zero-order chi connectivity index (χ0) is 23.0. The largest absolute Gasteiger partial charge is 0.467 e. The van der Waals surface area contributed by atoms with Crippen LogP contribution in [0.5, 0.6) is 0 Å². The average molecular weight is 489 g/mol. The first-order valence-corrected chi connectivity index (χ1v) is 11.7. The quantitative estimate of drug-likeness (QED) is 0.263. The highest BCUT2D eigenvalue weighted by atomic mass is 32.2. The molecule has 168 valence electrons. The molecule has 3 aromatic heterocycles. The van der Waals surface area contributed by atoms with Gasteiger partial charge in [-0.25, -0.2) is 15.0 Å². The van der Waals surface area contributed by atoms with Crippen molar-refractivity contribution in [2.75, 3.05) is 5.75 Å². The van der Waals surface area contributed by atoms with Gasteiger partial charge in [0.05, 0.1) is 28.1 Å². The van der Waals surface area contributed by atoms with Gasteiger partial charge in [-0.2, -0.15) is 18.3 Å². The SMILES string of the molecule is O=C(CSc1nc(C(F)(F)F)nc2ccccc12)N1N=C(c2cccs2)CC1c1ccco1. The van der Waals surface area contributed by atoms with E-state index in [1.807, 2.05) is 17.5 Å². The van der Waals surface area contributed by atoms with Gasteiger partial charge in [-0.15, -0.1) is 11.3 Å². The van der Waals surface area contributed by atoms with E-state index in [4.69, 9.17) is 4.42 Å². The molecule has 0 saturated heterocycles. The standard InChI is InChI=1S/C22H15F3N4O2S2/c23-22(24,25)21-26-14-6-2-1-5-13(14)20(27-21)33-12-19(30)29-16(17-7-3-9-31-17)11-15(28-29)18-8-4-10-32-18/h1-10,16H,11-12H2. The van der Waals surface area contributed by atoms with Crippen LogP contribution in [0.3, 0.4) is 0 Å². The number of carbonyl (C=O) groups is 1. The molecule has 4 aromatic rings. The van der Waals surface area contributed by atoms with Crippen molar-refractivity contribution in [3.05, 3.63) is 76.6 Å². The van der Waals surface area contributed by atoms with Gasteiger partial charge in [0.1, 0.15) is 16.8 Å². The summed E-state index contributed by atoms with van der Waals surface area (Å²) in [6.07, 6.45) is -2.68. The third kappa shape index (κ3) is 4.38. The molecule has 0 N–H and O–H groups in total. The van der Waals surface area contributed by atoms with Crippen LogP contribution < -0.4 is 0 Å². The van der Waals surface area contributed by atoms with E-state index in [0.29, 0.717) is 17.6 Å². The number of alkyl halides is 3. The van der Waals surface area contributed by atoms with E-state index in [1.165, 1.54) is 28.7 Å². The van der Waals surface area contributed by atoms with Gasteiger partial charge in [-0.3, -0.25) is 4.79 Å². The van der Waals surface area contributed by atoms with Crippen LogP contribution in [-0.2, 0) is 11.0 Å². The molecule has 1 unspecified atom stereocenters. The summed E-state index contributed by atoms with van der Waals surface area (Å²) < 4.78 is 45.4. The first-order valence-electron chi connectivity index (χ1n) is 9.84. The van der Waals surface area contributed by atoms with E-state index in [1.54, 1.807) is 30.3 Å². The summed E-state index contributed by atoms with van der Waals surface area (Å²) in [7, 11) is 0. The highest BCUT2D eigenvalue weighted by molar-refractivity contribution is 8.00. The molecular weight excluding hydrogens is 473 g/mol. The van der Waals surface area contributed by atoms with Crippen LogP contribution in [0.4, 0.5) is 13.2 Å². The molecule has 1 aromatic carbocycles. The second-order valence-corrected chi connectivity index (χ2v) is 9.07. The van der Waals surface area contributed by atoms with Gasteiger partial charge in [0, 0.05) is 11.8 Å². The maximum absolute atomic E-state index is 13.3. The van der Waals surface area contributed by atoms with Crippen molar-refractivity contribution in [2.45, 2.75) is 23.7 Å². The molecule has 1 aliphatic heterocycles. The van der Waals surface area contributed by atoms with Gasteiger partial charge < -0.3 is 4.42 Å². The van der Waals surface area contributed by atoms with Gasteiger partial charge in [-0.05, 0) is 29.6 Å². The van der Waals surface area contributed by atoms with E-state index in [2.05, 4.69) is 15.1 Å². The Morgan fingerprint density at radius 2 is 2.00 bits per heavy atom. The number of fused-ring (bicyclic) bond motifs is 1. The van der Waals surface area contributed by atoms with E-state index in [0.717, 1.165) is 22.4 Å². The number of hydrazone groups is 1. The lowest BCUT2D eigenvalue weighted by Gasteiger charge is -2.19. The molecule has 0 spiro atoms. The van der Waals surface area contributed by atoms with E-state index >= 15 is 0 Å². The average Bonchev–Trinajstić information content (AvgIpc) is 3.57. The van der Waals surface area contributed by atoms with Crippen LogP contribution in [0.15, 0.2) is 74.7 Å². The highest BCUT2D eigenvalue weighted by Gasteiger charge is 2.37. The summed E-state index contributed by atoms with van der Waals surface area (Å²) in [4.78, 5) is 21.4. The third-order valence-electron chi connectivity index (χ3n) is 5.00. The Hall–Kier alpha value is -3.18. The minimum Gasteiger partial charge on any atom is -0.467 e. The molecule has 0 aliphatic carbocycles. The van der Waals surface area contributed by atoms with Crippen LogP contribution >= 0.6 is 23.1 Å². The van der Waals surface area contributed by atoms with Crippen LogP contribution in [-0.4, -0.2) is 32.3 Å². The van der Waals surface area contributed by atoms with E-state index < -0.39 is 18.0 Å². The second kappa shape index (κ2) is 8.64. The second-order valence-electron chi connectivity index (χ2n) is 7.15. The Bertz CT molecular complexity index is 1320. The Labute approximate surface area is 194 Å². The topological polar surface area (TPSA) is 71.6 Å².